The molecule has 1 fully saturated rings. The number of sulfonamides is 1. The molecule has 2 rings (SSSR count). The van der Waals surface area contributed by atoms with Gasteiger partial charge >= 0.3 is 12.2 Å². The predicted octanol–water partition coefficient (Wildman–Crippen LogP) is 3.92. The molecule has 1 saturated carbocycles. The molecule has 0 saturated heterocycles. The van der Waals surface area contributed by atoms with Crippen LogP contribution in [-0.2, 0) is 21.0 Å². The van der Waals surface area contributed by atoms with E-state index in [4.69, 9.17) is 0 Å². The monoisotopic (exact) mass is 552 g/mol. The molecule has 1 aliphatic carbocycles. The molecule has 13 heteroatoms. The maximum atomic E-state index is 13.2. The van der Waals surface area contributed by atoms with Gasteiger partial charge in [-0.2, -0.15) is 13.2 Å². The molecule has 1 aromatic carbocycles. The van der Waals surface area contributed by atoms with Gasteiger partial charge in [-0.3, -0.25) is 4.79 Å². The van der Waals surface area contributed by atoms with E-state index in [1.807, 2.05) is 13.8 Å². The van der Waals surface area contributed by atoms with Gasteiger partial charge in [-0.25, -0.2) is 22.3 Å². The average molecular weight is 553 g/mol. The van der Waals surface area contributed by atoms with Crippen molar-refractivity contribution in [3.63, 3.8) is 0 Å². The van der Waals surface area contributed by atoms with Crippen molar-refractivity contribution in [3.8, 4) is 0 Å². The third-order valence-corrected chi connectivity index (χ3v) is 7.61. The Hall–Kier alpha value is -2.41. The minimum absolute atomic E-state index is 0.140. The molecule has 1 atom stereocenters. The Balaban J connectivity index is 1.78. The average Bonchev–Trinajstić information content (AvgIpc) is 3.32. The van der Waals surface area contributed by atoms with Crippen LogP contribution in [0.5, 0.6) is 0 Å². The predicted molar refractivity (Wildman–Crippen MR) is 131 cm³/mol. The zero-order valence-electron chi connectivity index (χ0n) is 21.1. The van der Waals surface area contributed by atoms with Crippen molar-refractivity contribution in [1.82, 2.24) is 20.7 Å². The molecule has 0 spiro atoms. The van der Waals surface area contributed by atoms with E-state index in [1.165, 1.54) is 0 Å². The molecule has 0 radical (unpaired) electrons. The molecule has 3 amide bonds. The number of rotatable bonds is 13. The summed E-state index contributed by atoms with van der Waals surface area (Å²) < 4.78 is 79.4. The molecule has 0 bridgehead atoms. The molecule has 210 valence electrons. The second kappa shape index (κ2) is 13.9. The van der Waals surface area contributed by atoms with Gasteiger partial charge in [0.05, 0.1) is 10.5 Å². The summed E-state index contributed by atoms with van der Waals surface area (Å²) in [5.41, 5.74) is -1.58. The summed E-state index contributed by atoms with van der Waals surface area (Å²) in [6.07, 6.45) is 0.452. The van der Waals surface area contributed by atoms with Crippen molar-refractivity contribution in [1.29, 1.82) is 0 Å². The molecule has 0 unspecified atom stereocenters. The van der Waals surface area contributed by atoms with E-state index in [-0.39, 0.29) is 37.4 Å². The van der Waals surface area contributed by atoms with Crippen molar-refractivity contribution >= 4 is 22.0 Å². The standard InChI is InChI=1S/C24H36F4N4O4S/c1-16(2)13-20(32-23(34)30-15-17-7-3-4-8-17)22(33)29-11-5-6-12-31-37(35,36)21-10-9-18(25)14-19(21)24(26,27)28/h9-10,14,16-17,20,31H,3-8,11-13,15H2,1-2H3,(H,29,33)(H2,30,32,34)/t20-/m0/s1. The largest absolute Gasteiger partial charge is 0.417 e. The molecule has 0 aromatic heterocycles. The fourth-order valence-electron chi connectivity index (χ4n) is 4.19. The van der Waals surface area contributed by atoms with Crippen LogP contribution in [0.15, 0.2) is 23.1 Å². The molecule has 1 aromatic rings. The van der Waals surface area contributed by atoms with Crippen LogP contribution in [-0.4, -0.2) is 46.0 Å². The highest BCUT2D eigenvalue weighted by Gasteiger charge is 2.37. The van der Waals surface area contributed by atoms with E-state index in [9.17, 15) is 35.6 Å². The fourth-order valence-corrected chi connectivity index (χ4v) is 5.47. The number of benzene rings is 1. The van der Waals surface area contributed by atoms with Crippen molar-refractivity contribution in [2.45, 2.75) is 75.9 Å². The van der Waals surface area contributed by atoms with Crippen molar-refractivity contribution < 1.29 is 35.6 Å². The lowest BCUT2D eigenvalue weighted by Gasteiger charge is -2.21. The molecule has 0 aliphatic heterocycles. The lowest BCUT2D eigenvalue weighted by Crippen LogP contribution is -2.51. The van der Waals surface area contributed by atoms with Crippen molar-refractivity contribution in [2.24, 2.45) is 11.8 Å². The maximum absolute atomic E-state index is 13.2. The molecule has 37 heavy (non-hydrogen) atoms. The number of hydrogen-bond donors (Lipinski definition) is 4. The SMILES string of the molecule is CC(C)C[C@H](NC(=O)NCC1CCCC1)C(=O)NCCCCNS(=O)(=O)c1ccc(F)cc1C(F)(F)F. The molecular weight excluding hydrogens is 516 g/mol. The van der Waals surface area contributed by atoms with Gasteiger partial charge in [0.15, 0.2) is 0 Å². The number of carbonyl (C=O) groups excluding carboxylic acids is 2. The fraction of sp³-hybridized carbons (Fsp3) is 0.667. The number of urea groups is 1. The van der Waals surface area contributed by atoms with E-state index in [1.54, 1.807) is 0 Å². The van der Waals surface area contributed by atoms with E-state index < -0.39 is 44.5 Å². The van der Waals surface area contributed by atoms with Crippen LogP contribution in [0.25, 0.3) is 0 Å². The third kappa shape index (κ3) is 10.5. The van der Waals surface area contributed by atoms with Crippen LogP contribution in [0.2, 0.25) is 0 Å². The summed E-state index contributed by atoms with van der Waals surface area (Å²) in [4.78, 5) is 23.8. The van der Waals surface area contributed by atoms with Crippen LogP contribution >= 0.6 is 0 Å². The smallest absolute Gasteiger partial charge is 0.354 e. The number of nitrogens with one attached hydrogen (secondary N) is 4. The minimum atomic E-state index is -5.04. The van der Waals surface area contributed by atoms with E-state index >= 15 is 0 Å². The molecule has 4 N–H and O–H groups in total. The summed E-state index contributed by atoms with van der Waals surface area (Å²) in [6.45, 7) is 4.43. The van der Waals surface area contributed by atoms with Gasteiger partial charge in [0, 0.05) is 19.6 Å². The van der Waals surface area contributed by atoms with Gasteiger partial charge in [-0.1, -0.05) is 26.7 Å². The maximum Gasteiger partial charge on any atom is 0.417 e. The lowest BCUT2D eigenvalue weighted by molar-refractivity contribution is -0.140. The van der Waals surface area contributed by atoms with Crippen molar-refractivity contribution in [2.75, 3.05) is 19.6 Å². The zero-order chi connectivity index (χ0) is 27.6. The summed E-state index contributed by atoms with van der Waals surface area (Å²) in [5, 5.41) is 8.24. The summed E-state index contributed by atoms with van der Waals surface area (Å²) in [7, 11) is -4.53. The molecule has 1 aliphatic rings. The minimum Gasteiger partial charge on any atom is -0.354 e. The molecular formula is C24H36F4N4O4S. The highest BCUT2D eigenvalue weighted by Crippen LogP contribution is 2.34. The van der Waals surface area contributed by atoms with E-state index in [0.29, 0.717) is 37.4 Å². The summed E-state index contributed by atoms with van der Waals surface area (Å²) in [5.74, 6) is -0.956. The van der Waals surface area contributed by atoms with Crippen LogP contribution in [0.3, 0.4) is 0 Å². The van der Waals surface area contributed by atoms with E-state index in [0.717, 1.165) is 25.7 Å². The van der Waals surface area contributed by atoms with Crippen LogP contribution in [0.4, 0.5) is 22.4 Å². The number of alkyl halides is 3. The lowest BCUT2D eigenvalue weighted by atomic mass is 10.0. The van der Waals surface area contributed by atoms with Crippen molar-refractivity contribution in [3.05, 3.63) is 29.6 Å². The number of carbonyl (C=O) groups is 2. The van der Waals surface area contributed by atoms with Gasteiger partial charge < -0.3 is 16.0 Å². The van der Waals surface area contributed by atoms with Gasteiger partial charge in [-0.05, 0) is 62.1 Å². The first-order valence-corrected chi connectivity index (χ1v) is 14.0. The van der Waals surface area contributed by atoms with Gasteiger partial charge in [-0.15, -0.1) is 0 Å². The number of halogens is 4. The Bertz CT molecular complexity index is 1010. The van der Waals surface area contributed by atoms with Crippen LogP contribution < -0.4 is 20.7 Å². The number of unbranched alkanes of at least 4 members (excludes halogenated alkanes) is 1. The molecule has 0 heterocycles. The van der Waals surface area contributed by atoms with Gasteiger partial charge in [0.1, 0.15) is 11.9 Å². The van der Waals surface area contributed by atoms with Gasteiger partial charge in [0.2, 0.25) is 15.9 Å². The summed E-state index contributed by atoms with van der Waals surface area (Å²) in [6, 6.07) is 0.228. The van der Waals surface area contributed by atoms with Crippen LogP contribution in [0, 0.1) is 17.7 Å². The first-order chi connectivity index (χ1) is 17.3. The Kier molecular flexibility index (Phi) is 11.6. The Morgan fingerprint density at radius 1 is 1.05 bits per heavy atom. The number of amides is 3. The number of hydrogen-bond acceptors (Lipinski definition) is 4. The first-order valence-electron chi connectivity index (χ1n) is 12.5. The van der Waals surface area contributed by atoms with E-state index in [2.05, 4.69) is 20.7 Å². The third-order valence-electron chi connectivity index (χ3n) is 6.09. The second-order valence-electron chi connectivity index (χ2n) is 9.72. The van der Waals surface area contributed by atoms with Gasteiger partial charge in [0.25, 0.3) is 0 Å². The quantitative estimate of drug-likeness (QED) is 0.219. The Morgan fingerprint density at radius 2 is 1.70 bits per heavy atom. The Morgan fingerprint density at radius 3 is 2.32 bits per heavy atom. The summed E-state index contributed by atoms with van der Waals surface area (Å²) >= 11 is 0. The zero-order valence-corrected chi connectivity index (χ0v) is 21.9. The molecule has 8 nitrogen and oxygen atoms in total. The second-order valence-corrected chi connectivity index (χ2v) is 11.5. The van der Waals surface area contributed by atoms with Crippen LogP contribution in [0.1, 0.15) is 64.4 Å². The normalized spacial score (nSPS) is 15.5. The first kappa shape index (κ1) is 30.8. The topological polar surface area (TPSA) is 116 Å². The highest BCUT2D eigenvalue weighted by atomic mass is 32.2. The Labute approximate surface area is 215 Å². The highest BCUT2D eigenvalue weighted by molar-refractivity contribution is 7.89.